The van der Waals surface area contributed by atoms with Crippen molar-refractivity contribution in [1.29, 1.82) is 0 Å². The molecule has 0 spiro atoms. The number of esters is 1. The molecular weight excluding hydrogens is 256 g/mol. The SMILES string of the molecule is CCc1cc(NNC(Cl)C(=O)OC)ccc1OC. The van der Waals surface area contributed by atoms with Crippen LogP contribution in [0.2, 0.25) is 0 Å². The molecular formula is C12H17ClN2O3. The van der Waals surface area contributed by atoms with Crippen LogP contribution in [-0.4, -0.2) is 25.7 Å². The Kier molecular flexibility index (Phi) is 5.74. The standard InChI is InChI=1S/C12H17ClN2O3/c1-4-8-7-9(5-6-10(8)17-2)14-15-11(13)12(16)18-3/h5-7,11,14-15H,4H2,1-3H3. The number of carbonyl (C=O) groups excluding carboxylic acids is 1. The van der Waals surface area contributed by atoms with Crippen LogP contribution in [0, 0.1) is 0 Å². The lowest BCUT2D eigenvalue weighted by Gasteiger charge is -2.14. The number of methoxy groups -OCH3 is 2. The Bertz CT molecular complexity index is 412. The highest BCUT2D eigenvalue weighted by molar-refractivity contribution is 6.29. The van der Waals surface area contributed by atoms with E-state index in [1.165, 1.54) is 7.11 Å². The largest absolute Gasteiger partial charge is 0.496 e. The summed E-state index contributed by atoms with van der Waals surface area (Å²) in [6, 6.07) is 5.60. The molecule has 0 bridgehead atoms. The van der Waals surface area contributed by atoms with Crippen LogP contribution < -0.4 is 15.6 Å². The van der Waals surface area contributed by atoms with Gasteiger partial charge in [0.1, 0.15) is 5.75 Å². The van der Waals surface area contributed by atoms with Gasteiger partial charge in [0.25, 0.3) is 0 Å². The molecule has 1 rings (SSSR count). The van der Waals surface area contributed by atoms with Gasteiger partial charge in [-0.25, -0.2) is 10.2 Å². The number of halogens is 1. The number of ether oxygens (including phenoxy) is 2. The van der Waals surface area contributed by atoms with Crippen molar-refractivity contribution in [2.75, 3.05) is 19.6 Å². The maximum Gasteiger partial charge on any atom is 0.340 e. The van der Waals surface area contributed by atoms with Crippen LogP contribution in [-0.2, 0) is 16.0 Å². The lowest BCUT2D eigenvalue weighted by Crippen LogP contribution is -2.36. The number of anilines is 1. The highest BCUT2D eigenvalue weighted by Crippen LogP contribution is 2.22. The van der Waals surface area contributed by atoms with Gasteiger partial charge in [0.05, 0.1) is 14.2 Å². The van der Waals surface area contributed by atoms with E-state index in [-0.39, 0.29) is 0 Å². The number of carbonyl (C=O) groups is 1. The van der Waals surface area contributed by atoms with E-state index in [0.29, 0.717) is 0 Å². The summed E-state index contributed by atoms with van der Waals surface area (Å²) in [5.74, 6) is 0.284. The lowest BCUT2D eigenvalue weighted by molar-refractivity contribution is -0.140. The van der Waals surface area contributed by atoms with Gasteiger partial charge in [0, 0.05) is 5.69 Å². The smallest absolute Gasteiger partial charge is 0.340 e. The zero-order chi connectivity index (χ0) is 13.5. The van der Waals surface area contributed by atoms with Crippen LogP contribution in [0.5, 0.6) is 5.75 Å². The third-order valence-electron chi connectivity index (χ3n) is 2.41. The van der Waals surface area contributed by atoms with Crippen LogP contribution in [0.25, 0.3) is 0 Å². The van der Waals surface area contributed by atoms with E-state index in [9.17, 15) is 4.79 Å². The molecule has 0 heterocycles. The summed E-state index contributed by atoms with van der Waals surface area (Å²) >= 11 is 5.74. The number of benzene rings is 1. The molecule has 0 aliphatic carbocycles. The summed E-state index contributed by atoms with van der Waals surface area (Å²) < 4.78 is 9.71. The lowest BCUT2D eigenvalue weighted by atomic mass is 10.1. The molecule has 0 saturated carbocycles. The fourth-order valence-corrected chi connectivity index (χ4v) is 1.59. The molecule has 0 aromatic heterocycles. The average Bonchev–Trinajstić information content (AvgIpc) is 2.43. The van der Waals surface area contributed by atoms with E-state index in [1.54, 1.807) is 7.11 Å². The zero-order valence-electron chi connectivity index (χ0n) is 10.6. The summed E-state index contributed by atoms with van der Waals surface area (Å²) in [5, 5.41) is 0. The molecule has 1 unspecified atom stereocenters. The van der Waals surface area contributed by atoms with Gasteiger partial charge < -0.3 is 14.9 Å². The average molecular weight is 273 g/mol. The maximum atomic E-state index is 11.1. The third-order valence-corrected chi connectivity index (χ3v) is 2.70. The van der Waals surface area contributed by atoms with Gasteiger partial charge in [0.15, 0.2) is 5.50 Å². The number of hydrogen-bond donors (Lipinski definition) is 2. The first kappa shape index (κ1) is 14.6. The van der Waals surface area contributed by atoms with Crippen molar-refractivity contribution in [3.05, 3.63) is 23.8 Å². The monoisotopic (exact) mass is 272 g/mol. The summed E-state index contributed by atoms with van der Waals surface area (Å²) in [7, 11) is 2.91. The second-order valence-corrected chi connectivity index (χ2v) is 3.97. The maximum absolute atomic E-state index is 11.1. The number of aryl methyl sites for hydroxylation is 1. The van der Waals surface area contributed by atoms with E-state index in [1.807, 2.05) is 25.1 Å². The Balaban J connectivity index is 2.65. The normalized spacial score (nSPS) is 11.8. The molecule has 0 radical (unpaired) electrons. The summed E-state index contributed by atoms with van der Waals surface area (Å²) in [5.41, 5.74) is 6.40. The second kappa shape index (κ2) is 7.08. The van der Waals surface area contributed by atoms with Crippen molar-refractivity contribution < 1.29 is 14.3 Å². The number of nitrogens with one attached hydrogen (secondary N) is 2. The van der Waals surface area contributed by atoms with Crippen molar-refractivity contribution in [1.82, 2.24) is 5.43 Å². The van der Waals surface area contributed by atoms with E-state index >= 15 is 0 Å². The minimum Gasteiger partial charge on any atom is -0.496 e. The molecule has 0 saturated heterocycles. The van der Waals surface area contributed by atoms with Crippen molar-refractivity contribution in [3.63, 3.8) is 0 Å². The van der Waals surface area contributed by atoms with E-state index in [0.717, 1.165) is 23.4 Å². The van der Waals surface area contributed by atoms with E-state index in [4.69, 9.17) is 16.3 Å². The number of alkyl halides is 1. The van der Waals surface area contributed by atoms with Gasteiger partial charge >= 0.3 is 5.97 Å². The fourth-order valence-electron chi connectivity index (χ4n) is 1.44. The zero-order valence-corrected chi connectivity index (χ0v) is 11.4. The Morgan fingerprint density at radius 2 is 2.17 bits per heavy atom. The molecule has 2 N–H and O–H groups in total. The Morgan fingerprint density at radius 3 is 2.72 bits per heavy atom. The van der Waals surface area contributed by atoms with E-state index in [2.05, 4.69) is 15.6 Å². The molecule has 5 nitrogen and oxygen atoms in total. The molecule has 0 fully saturated rings. The predicted molar refractivity (Wildman–Crippen MR) is 70.8 cm³/mol. The van der Waals surface area contributed by atoms with Gasteiger partial charge in [-0.3, -0.25) is 0 Å². The van der Waals surface area contributed by atoms with Crippen molar-refractivity contribution >= 4 is 23.3 Å². The fraction of sp³-hybridized carbons (Fsp3) is 0.417. The molecule has 1 aromatic carbocycles. The van der Waals surface area contributed by atoms with E-state index < -0.39 is 11.5 Å². The first-order valence-corrected chi connectivity index (χ1v) is 5.96. The molecule has 1 aromatic rings. The van der Waals surface area contributed by atoms with Crippen LogP contribution in [0.1, 0.15) is 12.5 Å². The number of hydrazine groups is 1. The first-order chi connectivity index (χ1) is 8.62. The van der Waals surface area contributed by atoms with Crippen LogP contribution in [0.4, 0.5) is 5.69 Å². The van der Waals surface area contributed by atoms with Gasteiger partial charge in [-0.15, -0.1) is 0 Å². The summed E-state index contributed by atoms with van der Waals surface area (Å²) in [6.07, 6.45) is 0.847. The van der Waals surface area contributed by atoms with Crippen LogP contribution in [0.15, 0.2) is 18.2 Å². The molecule has 100 valence electrons. The Morgan fingerprint density at radius 1 is 1.44 bits per heavy atom. The first-order valence-electron chi connectivity index (χ1n) is 5.52. The van der Waals surface area contributed by atoms with Crippen LogP contribution >= 0.6 is 11.6 Å². The molecule has 6 heteroatoms. The number of rotatable bonds is 6. The minimum atomic E-state index is -0.942. The molecule has 18 heavy (non-hydrogen) atoms. The summed E-state index contributed by atoms with van der Waals surface area (Å²) in [4.78, 5) is 11.1. The quantitative estimate of drug-likeness (QED) is 0.359. The molecule has 0 aliphatic heterocycles. The Labute approximate surface area is 111 Å². The van der Waals surface area contributed by atoms with Crippen molar-refractivity contribution in [2.45, 2.75) is 18.8 Å². The molecule has 1 atom stereocenters. The molecule has 0 amide bonds. The van der Waals surface area contributed by atoms with Crippen LogP contribution in [0.3, 0.4) is 0 Å². The third kappa shape index (κ3) is 3.78. The van der Waals surface area contributed by atoms with Gasteiger partial charge in [-0.05, 0) is 30.2 Å². The van der Waals surface area contributed by atoms with Gasteiger partial charge in [0.2, 0.25) is 0 Å². The van der Waals surface area contributed by atoms with Gasteiger partial charge in [-0.2, -0.15) is 0 Å². The van der Waals surface area contributed by atoms with Crippen molar-refractivity contribution in [3.8, 4) is 5.75 Å². The molecule has 0 aliphatic rings. The highest BCUT2D eigenvalue weighted by Gasteiger charge is 2.14. The highest BCUT2D eigenvalue weighted by atomic mass is 35.5. The van der Waals surface area contributed by atoms with Crippen molar-refractivity contribution in [2.24, 2.45) is 0 Å². The topological polar surface area (TPSA) is 59.6 Å². The van der Waals surface area contributed by atoms with Gasteiger partial charge in [-0.1, -0.05) is 18.5 Å². The predicted octanol–water partition coefficient (Wildman–Crippen LogP) is 1.91. The number of hydrogen-bond acceptors (Lipinski definition) is 5. The second-order valence-electron chi connectivity index (χ2n) is 3.54. The summed E-state index contributed by atoms with van der Waals surface area (Å²) in [6.45, 7) is 2.04. The Hall–Kier alpha value is -1.46. The minimum absolute atomic E-state index is 0.548.